The van der Waals surface area contributed by atoms with Gasteiger partial charge in [-0.2, -0.15) is 0 Å². The molecule has 0 bridgehead atoms. The van der Waals surface area contributed by atoms with E-state index < -0.39 is 17.1 Å². The van der Waals surface area contributed by atoms with Gasteiger partial charge < -0.3 is 19.5 Å². The summed E-state index contributed by atoms with van der Waals surface area (Å²) in [6, 6.07) is 0. The highest BCUT2D eigenvalue weighted by atomic mass is 16.6. The number of carbonyl (C=O) groups excluding carboxylic acids is 2. The molecule has 2 aliphatic heterocycles. The molecule has 0 aromatic rings. The first-order chi connectivity index (χ1) is 10.2. The van der Waals surface area contributed by atoms with Crippen molar-refractivity contribution >= 4 is 12.1 Å². The van der Waals surface area contributed by atoms with Gasteiger partial charge in [0.15, 0.2) is 0 Å². The van der Waals surface area contributed by atoms with Gasteiger partial charge in [0, 0.05) is 13.1 Å². The van der Waals surface area contributed by atoms with E-state index in [0.717, 1.165) is 32.4 Å². The third-order valence-corrected chi connectivity index (χ3v) is 4.58. The molecule has 0 aromatic carbocycles. The molecule has 2 heterocycles. The van der Waals surface area contributed by atoms with E-state index in [-0.39, 0.29) is 6.09 Å². The molecule has 2 fully saturated rings. The fraction of sp³-hybridized carbons (Fsp3) is 0.875. The highest BCUT2D eigenvalue weighted by Gasteiger charge is 2.43. The number of ether oxygens (including phenoxy) is 1. The molecular formula is C16H27N2O4-. The lowest BCUT2D eigenvalue weighted by Crippen LogP contribution is -2.65. The third-order valence-electron chi connectivity index (χ3n) is 4.58. The monoisotopic (exact) mass is 311 g/mol. The molecule has 0 N–H and O–H groups in total. The SMILES string of the molecule is CC(C)(C)OC(=O)N1CCC(C(=O)[O-])(N2CCCCC2)CC1. The Kier molecular flexibility index (Phi) is 5.00. The maximum atomic E-state index is 12.1. The number of piperidine rings is 2. The number of hydrogen-bond acceptors (Lipinski definition) is 5. The normalized spacial score (nSPS) is 23.1. The molecule has 6 nitrogen and oxygen atoms in total. The Morgan fingerprint density at radius 1 is 1.00 bits per heavy atom. The fourth-order valence-electron chi connectivity index (χ4n) is 3.36. The van der Waals surface area contributed by atoms with Crippen LogP contribution in [0.1, 0.15) is 52.9 Å². The first kappa shape index (κ1) is 17.1. The Morgan fingerprint density at radius 3 is 2.00 bits per heavy atom. The van der Waals surface area contributed by atoms with Crippen LogP contribution >= 0.6 is 0 Å². The van der Waals surface area contributed by atoms with E-state index in [9.17, 15) is 14.7 Å². The summed E-state index contributed by atoms with van der Waals surface area (Å²) in [5.41, 5.74) is -1.45. The number of aliphatic carboxylic acids is 1. The van der Waals surface area contributed by atoms with Crippen molar-refractivity contribution in [3.8, 4) is 0 Å². The number of hydrogen-bond donors (Lipinski definition) is 0. The minimum atomic E-state index is -1.00. The number of carbonyl (C=O) groups is 2. The molecule has 0 aromatic heterocycles. The molecular weight excluding hydrogens is 284 g/mol. The average Bonchev–Trinajstić information content (AvgIpc) is 2.46. The van der Waals surface area contributed by atoms with Crippen molar-refractivity contribution in [2.75, 3.05) is 26.2 Å². The van der Waals surface area contributed by atoms with Crippen LogP contribution in [0, 0.1) is 0 Å². The van der Waals surface area contributed by atoms with E-state index in [1.54, 1.807) is 4.90 Å². The van der Waals surface area contributed by atoms with Crippen LogP contribution in [0.15, 0.2) is 0 Å². The van der Waals surface area contributed by atoms with Crippen molar-refractivity contribution in [2.45, 2.75) is 64.0 Å². The summed E-state index contributed by atoms with van der Waals surface area (Å²) in [7, 11) is 0. The number of carboxylic acid groups (broad SMARTS) is 1. The second-order valence-corrected chi connectivity index (χ2v) is 7.33. The molecule has 6 heteroatoms. The minimum Gasteiger partial charge on any atom is -0.548 e. The van der Waals surface area contributed by atoms with Crippen LogP contribution in [0.3, 0.4) is 0 Å². The Morgan fingerprint density at radius 2 is 1.55 bits per heavy atom. The van der Waals surface area contributed by atoms with Crippen molar-refractivity contribution in [3.63, 3.8) is 0 Å². The third kappa shape index (κ3) is 3.72. The zero-order valence-corrected chi connectivity index (χ0v) is 13.9. The molecule has 1 amide bonds. The van der Waals surface area contributed by atoms with Gasteiger partial charge in [0.05, 0.1) is 11.5 Å². The maximum absolute atomic E-state index is 12.1. The predicted octanol–water partition coefficient (Wildman–Crippen LogP) is 0.992. The van der Waals surface area contributed by atoms with Crippen molar-refractivity contribution in [3.05, 3.63) is 0 Å². The summed E-state index contributed by atoms with van der Waals surface area (Å²) >= 11 is 0. The standard InChI is InChI=1S/C16H28N2O4/c1-15(2,3)22-14(21)17-11-7-16(8-12-17,13(19)20)18-9-5-4-6-10-18/h4-12H2,1-3H3,(H,19,20)/p-1. The van der Waals surface area contributed by atoms with Gasteiger partial charge in [0.1, 0.15) is 5.60 Å². The summed E-state index contributed by atoms with van der Waals surface area (Å²) in [5.74, 6) is -1.00. The molecule has 126 valence electrons. The fourth-order valence-corrected chi connectivity index (χ4v) is 3.36. The van der Waals surface area contributed by atoms with Crippen LogP contribution in [0.2, 0.25) is 0 Å². The molecule has 0 saturated carbocycles. The molecule has 0 unspecified atom stereocenters. The number of carboxylic acids is 1. The first-order valence-corrected chi connectivity index (χ1v) is 8.19. The second kappa shape index (κ2) is 6.44. The van der Waals surface area contributed by atoms with Crippen molar-refractivity contribution in [2.24, 2.45) is 0 Å². The molecule has 22 heavy (non-hydrogen) atoms. The summed E-state index contributed by atoms with van der Waals surface area (Å²) in [5, 5.41) is 11.8. The first-order valence-electron chi connectivity index (χ1n) is 8.19. The predicted molar refractivity (Wildman–Crippen MR) is 80.2 cm³/mol. The zero-order valence-electron chi connectivity index (χ0n) is 13.9. The van der Waals surface area contributed by atoms with Crippen LogP contribution < -0.4 is 5.11 Å². The number of nitrogens with zero attached hydrogens (tertiary/aromatic N) is 2. The van der Waals surface area contributed by atoms with E-state index in [0.29, 0.717) is 25.9 Å². The van der Waals surface area contributed by atoms with Crippen molar-refractivity contribution in [1.29, 1.82) is 0 Å². The highest BCUT2D eigenvalue weighted by Crippen LogP contribution is 2.31. The number of amides is 1. The maximum Gasteiger partial charge on any atom is 0.410 e. The van der Waals surface area contributed by atoms with E-state index in [1.807, 2.05) is 20.8 Å². The zero-order chi connectivity index (χ0) is 16.4. The minimum absolute atomic E-state index is 0.363. The van der Waals surface area contributed by atoms with E-state index in [4.69, 9.17) is 4.74 Å². The molecule has 2 aliphatic rings. The van der Waals surface area contributed by atoms with Crippen molar-refractivity contribution in [1.82, 2.24) is 9.80 Å². The van der Waals surface area contributed by atoms with Gasteiger partial charge in [-0.25, -0.2) is 4.79 Å². The lowest BCUT2D eigenvalue weighted by atomic mass is 9.84. The van der Waals surface area contributed by atoms with Crippen LogP contribution in [-0.2, 0) is 9.53 Å². The van der Waals surface area contributed by atoms with Crippen LogP contribution in [-0.4, -0.2) is 59.2 Å². The lowest BCUT2D eigenvalue weighted by molar-refractivity contribution is -0.321. The molecule has 0 atom stereocenters. The quantitative estimate of drug-likeness (QED) is 0.760. The molecule has 2 rings (SSSR count). The summed E-state index contributed by atoms with van der Waals surface area (Å²) in [6.45, 7) is 7.90. The summed E-state index contributed by atoms with van der Waals surface area (Å²) < 4.78 is 5.36. The second-order valence-electron chi connectivity index (χ2n) is 7.33. The molecule has 0 spiro atoms. The van der Waals surface area contributed by atoms with Crippen molar-refractivity contribution < 1.29 is 19.4 Å². The van der Waals surface area contributed by atoms with E-state index in [1.165, 1.54) is 0 Å². The summed E-state index contributed by atoms with van der Waals surface area (Å²) in [4.78, 5) is 27.6. The van der Waals surface area contributed by atoms with Gasteiger partial charge in [0.25, 0.3) is 0 Å². The Hall–Kier alpha value is -1.30. The topological polar surface area (TPSA) is 72.9 Å². The number of likely N-dealkylation sites (tertiary alicyclic amines) is 2. The average molecular weight is 311 g/mol. The Bertz CT molecular complexity index is 416. The van der Waals surface area contributed by atoms with Gasteiger partial charge in [-0.15, -0.1) is 0 Å². The van der Waals surface area contributed by atoms with Gasteiger partial charge in [-0.1, -0.05) is 6.42 Å². The van der Waals surface area contributed by atoms with Gasteiger partial charge in [-0.05, 0) is 59.5 Å². The van der Waals surface area contributed by atoms with Gasteiger partial charge in [-0.3, -0.25) is 4.90 Å². The van der Waals surface area contributed by atoms with Gasteiger partial charge in [0.2, 0.25) is 0 Å². The largest absolute Gasteiger partial charge is 0.548 e. The highest BCUT2D eigenvalue weighted by molar-refractivity contribution is 5.78. The Balaban J connectivity index is 2.01. The smallest absolute Gasteiger partial charge is 0.410 e. The summed E-state index contributed by atoms with van der Waals surface area (Å²) in [6.07, 6.45) is 3.68. The number of rotatable bonds is 2. The van der Waals surface area contributed by atoms with E-state index >= 15 is 0 Å². The van der Waals surface area contributed by atoms with Crippen LogP contribution in [0.25, 0.3) is 0 Å². The Labute approximate surface area is 132 Å². The van der Waals surface area contributed by atoms with Crippen LogP contribution in [0.5, 0.6) is 0 Å². The molecule has 0 aliphatic carbocycles. The van der Waals surface area contributed by atoms with Crippen LogP contribution in [0.4, 0.5) is 4.79 Å². The lowest BCUT2D eigenvalue weighted by Gasteiger charge is -2.50. The van der Waals surface area contributed by atoms with E-state index in [2.05, 4.69) is 4.90 Å². The van der Waals surface area contributed by atoms with Gasteiger partial charge >= 0.3 is 6.09 Å². The molecule has 2 saturated heterocycles. The molecule has 0 radical (unpaired) electrons.